The molecule has 0 unspecified atom stereocenters. The van der Waals surface area contributed by atoms with E-state index in [2.05, 4.69) is 24.5 Å². The van der Waals surface area contributed by atoms with Crippen LogP contribution in [-0.4, -0.2) is 30.9 Å². The van der Waals surface area contributed by atoms with Gasteiger partial charge in [0.1, 0.15) is 0 Å². The highest BCUT2D eigenvalue weighted by molar-refractivity contribution is 5.85. The van der Waals surface area contributed by atoms with Gasteiger partial charge in [0.15, 0.2) is 0 Å². The molecule has 0 bridgehead atoms. The molecule has 1 fully saturated rings. The third kappa shape index (κ3) is 6.78. The number of hydrogen-bond donors (Lipinski definition) is 3. The second kappa shape index (κ2) is 9.15. The lowest BCUT2D eigenvalue weighted by Crippen LogP contribution is -2.44. The van der Waals surface area contributed by atoms with Crippen molar-refractivity contribution in [3.63, 3.8) is 0 Å². The molecule has 0 aliphatic heterocycles. The van der Waals surface area contributed by atoms with E-state index in [0.717, 1.165) is 24.7 Å². The van der Waals surface area contributed by atoms with Gasteiger partial charge in [-0.3, -0.25) is 9.59 Å². The summed E-state index contributed by atoms with van der Waals surface area (Å²) >= 11 is 0. The zero-order valence-corrected chi connectivity index (χ0v) is 12.6. The molecule has 1 aliphatic rings. The Hall–Kier alpha value is -0.810. The highest BCUT2D eigenvalue weighted by Gasteiger charge is 2.24. The lowest BCUT2D eigenvalue weighted by Gasteiger charge is -2.31. The van der Waals surface area contributed by atoms with E-state index in [4.69, 9.17) is 5.73 Å². The number of nitrogens with one attached hydrogen (secondary N) is 2. The monoisotopic (exact) mass is 291 g/mol. The first-order valence-corrected chi connectivity index (χ1v) is 6.79. The summed E-state index contributed by atoms with van der Waals surface area (Å²) in [6.45, 7) is 4.46. The van der Waals surface area contributed by atoms with Gasteiger partial charge in [-0.2, -0.15) is 0 Å². The van der Waals surface area contributed by atoms with E-state index in [9.17, 15) is 9.59 Å². The van der Waals surface area contributed by atoms with Crippen LogP contribution in [0.2, 0.25) is 0 Å². The van der Waals surface area contributed by atoms with Crippen molar-refractivity contribution >= 4 is 24.2 Å². The fourth-order valence-corrected chi connectivity index (χ4v) is 2.46. The Labute approximate surface area is 121 Å². The topological polar surface area (TPSA) is 84.2 Å². The van der Waals surface area contributed by atoms with Gasteiger partial charge in [-0.05, 0) is 37.5 Å². The average molecular weight is 292 g/mol. The zero-order chi connectivity index (χ0) is 13.5. The number of nitrogens with two attached hydrogens (primary N) is 1. The number of amides is 2. The van der Waals surface area contributed by atoms with E-state index in [1.54, 1.807) is 0 Å². The number of halogens is 1. The molecule has 0 aromatic carbocycles. The standard InChI is InChI=1S/C13H25N3O2.ClH/c1-9(2)10-3-5-11(6-4-10)16-13(18)8-15-12(17)7-14;/h9-11H,3-8,14H2,1-2H3,(H,15,17)(H,16,18);1H. The quantitative estimate of drug-likeness (QED) is 0.701. The predicted octanol–water partition coefficient (Wildman–Crippen LogP) is 0.814. The van der Waals surface area contributed by atoms with Crippen molar-refractivity contribution in [3.05, 3.63) is 0 Å². The molecule has 1 aliphatic carbocycles. The lowest BCUT2D eigenvalue weighted by atomic mass is 9.80. The van der Waals surface area contributed by atoms with Crippen LogP contribution in [0.1, 0.15) is 39.5 Å². The second-order valence-electron chi connectivity index (χ2n) is 5.40. The molecule has 6 heteroatoms. The summed E-state index contributed by atoms with van der Waals surface area (Å²) in [5, 5.41) is 5.44. The molecule has 0 heterocycles. The molecule has 19 heavy (non-hydrogen) atoms. The Morgan fingerprint density at radius 3 is 2.21 bits per heavy atom. The Kier molecular flexibility index (Phi) is 8.76. The second-order valence-corrected chi connectivity index (χ2v) is 5.40. The van der Waals surface area contributed by atoms with Crippen LogP contribution in [0.5, 0.6) is 0 Å². The molecule has 4 N–H and O–H groups in total. The van der Waals surface area contributed by atoms with E-state index in [1.165, 1.54) is 12.8 Å². The van der Waals surface area contributed by atoms with Crippen LogP contribution in [-0.2, 0) is 9.59 Å². The highest BCUT2D eigenvalue weighted by Crippen LogP contribution is 2.29. The van der Waals surface area contributed by atoms with Gasteiger partial charge < -0.3 is 16.4 Å². The molecular weight excluding hydrogens is 266 g/mol. The minimum absolute atomic E-state index is 0. The van der Waals surface area contributed by atoms with Crippen LogP contribution in [0.3, 0.4) is 0 Å². The number of hydrogen-bond acceptors (Lipinski definition) is 3. The summed E-state index contributed by atoms with van der Waals surface area (Å²) in [6.07, 6.45) is 4.44. The molecule has 2 amide bonds. The van der Waals surface area contributed by atoms with Crippen LogP contribution < -0.4 is 16.4 Å². The first kappa shape index (κ1) is 18.2. The lowest BCUT2D eigenvalue weighted by molar-refractivity contribution is -0.125. The van der Waals surface area contributed by atoms with Gasteiger partial charge in [-0.25, -0.2) is 0 Å². The normalized spacial score (nSPS) is 22.5. The molecular formula is C13H26ClN3O2. The van der Waals surface area contributed by atoms with E-state index in [-0.39, 0.29) is 43.4 Å². The van der Waals surface area contributed by atoms with Gasteiger partial charge in [-0.15, -0.1) is 12.4 Å². The van der Waals surface area contributed by atoms with Gasteiger partial charge in [0.25, 0.3) is 0 Å². The first-order chi connectivity index (χ1) is 8.52. The third-order valence-corrected chi connectivity index (χ3v) is 3.71. The van der Waals surface area contributed by atoms with Gasteiger partial charge >= 0.3 is 0 Å². The fraction of sp³-hybridized carbons (Fsp3) is 0.846. The van der Waals surface area contributed by atoms with Crippen molar-refractivity contribution < 1.29 is 9.59 Å². The Morgan fingerprint density at radius 2 is 1.74 bits per heavy atom. The summed E-state index contributed by atoms with van der Waals surface area (Å²) in [4.78, 5) is 22.5. The van der Waals surface area contributed by atoms with Crippen molar-refractivity contribution in [2.45, 2.75) is 45.6 Å². The fourth-order valence-electron chi connectivity index (χ4n) is 2.46. The van der Waals surface area contributed by atoms with Crippen molar-refractivity contribution in [2.24, 2.45) is 17.6 Å². The largest absolute Gasteiger partial charge is 0.352 e. The van der Waals surface area contributed by atoms with Gasteiger partial charge in [0.2, 0.25) is 11.8 Å². The molecule has 0 spiro atoms. The van der Waals surface area contributed by atoms with Gasteiger partial charge in [-0.1, -0.05) is 13.8 Å². The number of carbonyl (C=O) groups is 2. The van der Waals surface area contributed by atoms with Crippen LogP contribution in [0.15, 0.2) is 0 Å². The van der Waals surface area contributed by atoms with Gasteiger partial charge in [0.05, 0.1) is 13.1 Å². The molecule has 0 aromatic heterocycles. The smallest absolute Gasteiger partial charge is 0.239 e. The minimum Gasteiger partial charge on any atom is -0.352 e. The molecule has 0 atom stereocenters. The summed E-state index contributed by atoms with van der Waals surface area (Å²) < 4.78 is 0. The number of rotatable bonds is 5. The molecule has 0 saturated heterocycles. The third-order valence-electron chi connectivity index (χ3n) is 3.71. The summed E-state index contributed by atoms with van der Waals surface area (Å²) in [5.41, 5.74) is 5.14. The minimum atomic E-state index is -0.298. The number of carbonyl (C=O) groups excluding carboxylic acids is 2. The maximum Gasteiger partial charge on any atom is 0.239 e. The van der Waals surface area contributed by atoms with Gasteiger partial charge in [0, 0.05) is 6.04 Å². The summed E-state index contributed by atoms with van der Waals surface area (Å²) in [7, 11) is 0. The first-order valence-electron chi connectivity index (χ1n) is 6.79. The summed E-state index contributed by atoms with van der Waals surface area (Å²) in [6, 6.07) is 0.266. The molecule has 5 nitrogen and oxygen atoms in total. The molecule has 112 valence electrons. The van der Waals surface area contributed by atoms with Crippen LogP contribution in [0, 0.1) is 11.8 Å². The van der Waals surface area contributed by atoms with Crippen molar-refractivity contribution in [1.29, 1.82) is 0 Å². The van der Waals surface area contributed by atoms with E-state index in [1.807, 2.05) is 0 Å². The van der Waals surface area contributed by atoms with Crippen LogP contribution in [0.4, 0.5) is 0 Å². The van der Waals surface area contributed by atoms with E-state index < -0.39 is 0 Å². The Morgan fingerprint density at radius 1 is 1.16 bits per heavy atom. The molecule has 1 saturated carbocycles. The van der Waals surface area contributed by atoms with Crippen molar-refractivity contribution in [3.8, 4) is 0 Å². The van der Waals surface area contributed by atoms with E-state index in [0.29, 0.717) is 0 Å². The Bertz CT molecular complexity index is 290. The SMILES string of the molecule is CC(C)C1CCC(NC(=O)CNC(=O)CN)CC1.Cl. The van der Waals surface area contributed by atoms with Crippen molar-refractivity contribution in [1.82, 2.24) is 10.6 Å². The average Bonchev–Trinajstić information content (AvgIpc) is 2.36. The zero-order valence-electron chi connectivity index (χ0n) is 11.8. The molecule has 0 radical (unpaired) electrons. The van der Waals surface area contributed by atoms with Crippen LogP contribution in [0.25, 0.3) is 0 Å². The summed E-state index contributed by atoms with van der Waals surface area (Å²) in [5.74, 6) is 1.10. The maximum absolute atomic E-state index is 11.6. The highest BCUT2D eigenvalue weighted by atomic mass is 35.5. The van der Waals surface area contributed by atoms with Crippen LogP contribution >= 0.6 is 12.4 Å². The molecule has 0 aromatic rings. The van der Waals surface area contributed by atoms with E-state index >= 15 is 0 Å². The maximum atomic E-state index is 11.6. The predicted molar refractivity (Wildman–Crippen MR) is 78.0 cm³/mol. The molecule has 1 rings (SSSR count). The van der Waals surface area contributed by atoms with Crippen molar-refractivity contribution in [2.75, 3.05) is 13.1 Å². The Balaban J connectivity index is 0.00000324.